The Morgan fingerprint density at radius 3 is 2.58 bits per heavy atom. The number of hydrogen-bond acceptors (Lipinski definition) is 5. The summed E-state index contributed by atoms with van der Waals surface area (Å²) < 4.78 is 1.15. The molecule has 2 fully saturated rings. The molecule has 164 valence electrons. The van der Waals surface area contributed by atoms with Gasteiger partial charge < -0.3 is 25.2 Å². The molecule has 0 bridgehead atoms. The van der Waals surface area contributed by atoms with Gasteiger partial charge in [0.05, 0.1) is 11.7 Å². The first kappa shape index (κ1) is 21.3. The highest BCUT2D eigenvalue weighted by molar-refractivity contribution is 5.94. The average molecular weight is 425 g/mol. The highest BCUT2D eigenvalue weighted by atomic mass is 16.3. The van der Waals surface area contributed by atoms with E-state index in [-0.39, 0.29) is 35.9 Å². The van der Waals surface area contributed by atoms with Gasteiger partial charge in [-0.15, -0.1) is 0 Å². The van der Waals surface area contributed by atoms with E-state index in [0.29, 0.717) is 25.1 Å². The number of rotatable bonds is 4. The quantitative estimate of drug-likeness (QED) is 0.732. The maximum Gasteiger partial charge on any atom is 0.255 e. The number of nitrogens with zero attached hydrogens (tertiary/aromatic N) is 3. The van der Waals surface area contributed by atoms with Crippen LogP contribution in [0.5, 0.6) is 0 Å². The minimum atomic E-state index is -0.646. The molecule has 3 heterocycles. The lowest BCUT2D eigenvalue weighted by Gasteiger charge is -2.30. The van der Waals surface area contributed by atoms with Crippen molar-refractivity contribution < 1.29 is 14.7 Å². The molecule has 3 N–H and O–H groups in total. The summed E-state index contributed by atoms with van der Waals surface area (Å²) in [5.74, 6) is -0.623. The van der Waals surface area contributed by atoms with Crippen LogP contribution in [0, 0.1) is 5.92 Å². The smallest absolute Gasteiger partial charge is 0.255 e. The molecule has 2 aromatic rings. The van der Waals surface area contributed by atoms with Gasteiger partial charge in [-0.1, -0.05) is 30.3 Å². The third-order valence-corrected chi connectivity index (χ3v) is 6.58. The van der Waals surface area contributed by atoms with E-state index in [2.05, 4.69) is 17.0 Å². The number of benzene rings is 1. The fraction of sp³-hybridized carbons (Fsp3) is 0.435. The Morgan fingerprint density at radius 1 is 1.13 bits per heavy atom. The van der Waals surface area contributed by atoms with Crippen LogP contribution in [0.2, 0.25) is 0 Å². The molecule has 1 aromatic carbocycles. The van der Waals surface area contributed by atoms with E-state index in [9.17, 15) is 19.5 Å². The van der Waals surface area contributed by atoms with Crippen molar-refractivity contribution in [2.75, 3.05) is 26.7 Å². The zero-order chi connectivity index (χ0) is 22.1. The summed E-state index contributed by atoms with van der Waals surface area (Å²) in [7, 11) is 2.04. The first-order valence-corrected chi connectivity index (χ1v) is 10.6. The molecule has 8 nitrogen and oxygen atoms in total. The number of likely N-dealkylation sites (tertiary alicyclic amines) is 2. The third kappa shape index (κ3) is 4.26. The number of nitrogens with two attached hydrogens (primary N) is 1. The molecule has 8 heteroatoms. The fourth-order valence-corrected chi connectivity index (χ4v) is 5.06. The van der Waals surface area contributed by atoms with Crippen LogP contribution in [0.1, 0.15) is 28.3 Å². The molecular formula is C23H28N4O4. The fourth-order valence-electron chi connectivity index (χ4n) is 5.06. The van der Waals surface area contributed by atoms with Crippen molar-refractivity contribution in [2.45, 2.75) is 31.0 Å². The van der Waals surface area contributed by atoms with Crippen LogP contribution in [0.15, 0.2) is 53.5 Å². The molecule has 0 unspecified atom stereocenters. The molecule has 2 aliphatic heterocycles. The number of pyridine rings is 1. The Labute approximate surface area is 180 Å². The normalized spacial score (nSPS) is 26.3. The Balaban J connectivity index is 1.58. The molecule has 4 rings (SSSR count). The summed E-state index contributed by atoms with van der Waals surface area (Å²) in [6.45, 7) is 1.47. The van der Waals surface area contributed by atoms with Gasteiger partial charge in [-0.25, -0.2) is 0 Å². The standard InChI is InChI=1S/C23H28N4O4/c1-25-12-17(15-5-3-2-4-6-15)22-18(25)13-26(10-9-19(22)28)23(31)16-7-8-21(30)27(11-16)14-20(24)29/h2-8,11,17-19,22,28H,9-10,12-14H2,1H3,(H2,24,29)/t17-,18+,19+,22-/m0/s1. The largest absolute Gasteiger partial charge is 0.393 e. The second kappa shape index (κ2) is 8.64. The van der Waals surface area contributed by atoms with E-state index < -0.39 is 12.0 Å². The number of hydrogen-bond donors (Lipinski definition) is 2. The molecule has 2 amide bonds. The van der Waals surface area contributed by atoms with Crippen molar-refractivity contribution in [3.8, 4) is 0 Å². The van der Waals surface area contributed by atoms with E-state index in [1.165, 1.54) is 23.9 Å². The number of aliphatic hydroxyl groups is 1. The van der Waals surface area contributed by atoms with Gasteiger partial charge in [0.15, 0.2) is 0 Å². The van der Waals surface area contributed by atoms with Crippen LogP contribution >= 0.6 is 0 Å². The first-order valence-electron chi connectivity index (χ1n) is 10.6. The van der Waals surface area contributed by atoms with E-state index in [1.807, 2.05) is 25.2 Å². The number of aromatic nitrogens is 1. The third-order valence-electron chi connectivity index (χ3n) is 6.58. The highest BCUT2D eigenvalue weighted by Gasteiger charge is 2.47. The topological polar surface area (TPSA) is 109 Å². The number of fused-ring (bicyclic) bond motifs is 1. The van der Waals surface area contributed by atoms with Crippen LogP contribution in [0.3, 0.4) is 0 Å². The number of aliphatic hydroxyl groups excluding tert-OH is 1. The lowest BCUT2D eigenvalue weighted by atomic mass is 9.81. The molecule has 0 radical (unpaired) electrons. The van der Waals surface area contributed by atoms with Gasteiger partial charge in [0, 0.05) is 49.8 Å². The van der Waals surface area contributed by atoms with E-state index in [1.54, 1.807) is 4.90 Å². The Hall–Kier alpha value is -2.97. The van der Waals surface area contributed by atoms with Crippen LogP contribution in [0.4, 0.5) is 0 Å². The number of carbonyl (C=O) groups is 2. The summed E-state index contributed by atoms with van der Waals surface area (Å²) in [5.41, 5.74) is 6.35. The zero-order valence-electron chi connectivity index (χ0n) is 17.6. The SMILES string of the molecule is CN1C[C@@H](c2ccccc2)[C@@H]2[C@H](O)CCN(C(=O)c3ccc(=O)n(CC(N)=O)c3)C[C@H]21. The number of carbonyl (C=O) groups excluding carboxylic acids is 2. The molecule has 0 spiro atoms. The van der Waals surface area contributed by atoms with Crippen molar-refractivity contribution in [3.63, 3.8) is 0 Å². The lowest BCUT2D eigenvalue weighted by molar-refractivity contribution is -0.118. The van der Waals surface area contributed by atoms with E-state index >= 15 is 0 Å². The van der Waals surface area contributed by atoms with Crippen LogP contribution in [0.25, 0.3) is 0 Å². The summed E-state index contributed by atoms with van der Waals surface area (Å²) in [6.07, 6.45) is 1.37. The zero-order valence-corrected chi connectivity index (χ0v) is 17.6. The van der Waals surface area contributed by atoms with Crippen molar-refractivity contribution in [1.82, 2.24) is 14.4 Å². The highest BCUT2D eigenvalue weighted by Crippen LogP contribution is 2.41. The molecular weight excluding hydrogens is 396 g/mol. The molecule has 4 atom stereocenters. The molecule has 1 aromatic heterocycles. The van der Waals surface area contributed by atoms with E-state index in [0.717, 1.165) is 11.1 Å². The molecule has 2 saturated heterocycles. The number of amides is 2. The maximum atomic E-state index is 13.2. The van der Waals surface area contributed by atoms with Gasteiger partial charge in [-0.3, -0.25) is 14.4 Å². The van der Waals surface area contributed by atoms with Gasteiger partial charge in [-0.05, 0) is 25.1 Å². The Morgan fingerprint density at radius 2 is 1.87 bits per heavy atom. The van der Waals surface area contributed by atoms with Crippen LogP contribution < -0.4 is 11.3 Å². The van der Waals surface area contributed by atoms with Crippen molar-refractivity contribution in [1.29, 1.82) is 0 Å². The predicted molar refractivity (Wildman–Crippen MR) is 116 cm³/mol. The monoisotopic (exact) mass is 424 g/mol. The number of likely N-dealkylation sites (N-methyl/N-ethyl adjacent to an activating group) is 1. The predicted octanol–water partition coefficient (Wildman–Crippen LogP) is 0.254. The Bertz CT molecular complexity index is 1020. The van der Waals surface area contributed by atoms with Crippen LogP contribution in [-0.2, 0) is 11.3 Å². The summed E-state index contributed by atoms with van der Waals surface area (Å²) in [4.78, 5) is 40.4. The first-order chi connectivity index (χ1) is 14.8. The molecule has 2 aliphatic rings. The average Bonchev–Trinajstić information content (AvgIpc) is 2.97. The minimum Gasteiger partial charge on any atom is -0.393 e. The second-order valence-electron chi connectivity index (χ2n) is 8.56. The lowest BCUT2D eigenvalue weighted by Crippen LogP contribution is -2.43. The summed E-state index contributed by atoms with van der Waals surface area (Å²) in [6, 6.07) is 13.0. The number of primary amides is 1. The van der Waals surface area contributed by atoms with Gasteiger partial charge in [-0.2, -0.15) is 0 Å². The van der Waals surface area contributed by atoms with Crippen LogP contribution in [-0.4, -0.2) is 70.1 Å². The molecule has 31 heavy (non-hydrogen) atoms. The minimum absolute atomic E-state index is 0.0307. The van der Waals surface area contributed by atoms with Crippen molar-refractivity contribution >= 4 is 11.8 Å². The Kier molecular flexibility index (Phi) is 5.93. The van der Waals surface area contributed by atoms with Crippen molar-refractivity contribution in [2.24, 2.45) is 11.7 Å². The summed E-state index contributed by atoms with van der Waals surface area (Å²) >= 11 is 0. The van der Waals surface area contributed by atoms with E-state index in [4.69, 9.17) is 5.73 Å². The van der Waals surface area contributed by atoms with Gasteiger partial charge in [0.25, 0.3) is 11.5 Å². The second-order valence-corrected chi connectivity index (χ2v) is 8.56. The molecule has 0 aliphatic carbocycles. The summed E-state index contributed by atoms with van der Waals surface area (Å²) in [5, 5.41) is 11.0. The van der Waals surface area contributed by atoms with Gasteiger partial charge >= 0.3 is 0 Å². The van der Waals surface area contributed by atoms with Crippen molar-refractivity contribution in [3.05, 3.63) is 70.1 Å². The van der Waals surface area contributed by atoms with Gasteiger partial charge in [0.1, 0.15) is 6.54 Å². The maximum absolute atomic E-state index is 13.2. The molecule has 0 saturated carbocycles. The van der Waals surface area contributed by atoms with Gasteiger partial charge in [0.2, 0.25) is 5.91 Å².